The van der Waals surface area contributed by atoms with Crippen molar-refractivity contribution >= 4 is 17.5 Å². The summed E-state index contributed by atoms with van der Waals surface area (Å²) in [5, 5.41) is 2.91. The molecular weight excluding hydrogens is 423 g/mol. The Hall–Kier alpha value is -3.87. The maximum atomic E-state index is 13.0. The Bertz CT molecular complexity index is 1100. The summed E-state index contributed by atoms with van der Waals surface area (Å²) < 4.78 is 23.9. The van der Waals surface area contributed by atoms with E-state index in [1.165, 1.54) is 12.1 Å². The third kappa shape index (κ3) is 5.68. The van der Waals surface area contributed by atoms with E-state index in [-0.39, 0.29) is 24.1 Å². The van der Waals surface area contributed by atoms with Gasteiger partial charge in [0.15, 0.2) is 0 Å². The standard InChI is InChI=1S/C26H25FN2O4/c1-32-23-10-4-18(5-11-23)15-28-26(31)20-14-25(30)29(16-20)22-8-12-24(13-9-22)33-17-19-2-6-21(27)7-3-19/h2-13,20H,14-17H2,1H3,(H,28,31)/t20-/m0/s1. The van der Waals surface area contributed by atoms with Crippen molar-refractivity contribution in [3.8, 4) is 11.5 Å². The number of hydrogen-bond acceptors (Lipinski definition) is 4. The molecule has 4 rings (SSSR count). The normalized spacial score (nSPS) is 15.4. The first-order valence-electron chi connectivity index (χ1n) is 10.7. The Morgan fingerprint density at radius 2 is 1.61 bits per heavy atom. The first-order chi connectivity index (χ1) is 16.0. The van der Waals surface area contributed by atoms with Crippen molar-refractivity contribution in [3.05, 3.63) is 89.7 Å². The number of methoxy groups -OCH3 is 1. The number of benzene rings is 3. The quantitative estimate of drug-likeness (QED) is 0.564. The first kappa shape index (κ1) is 22.3. The molecule has 0 bridgehead atoms. The molecule has 0 radical (unpaired) electrons. The number of nitrogens with zero attached hydrogens (tertiary/aromatic N) is 1. The predicted octanol–water partition coefficient (Wildman–Crippen LogP) is 4.08. The number of hydrogen-bond donors (Lipinski definition) is 1. The molecule has 1 N–H and O–H groups in total. The molecule has 0 aliphatic carbocycles. The van der Waals surface area contributed by atoms with Gasteiger partial charge in [-0.05, 0) is 59.7 Å². The van der Waals surface area contributed by atoms with Crippen LogP contribution in [0, 0.1) is 11.7 Å². The fourth-order valence-corrected chi connectivity index (χ4v) is 3.68. The number of anilines is 1. The SMILES string of the molecule is COc1ccc(CNC(=O)[C@H]2CC(=O)N(c3ccc(OCc4ccc(F)cc4)cc3)C2)cc1. The molecule has 1 aliphatic rings. The number of halogens is 1. The Balaban J connectivity index is 1.29. The first-order valence-corrected chi connectivity index (χ1v) is 10.7. The fourth-order valence-electron chi connectivity index (χ4n) is 3.68. The Labute approximate surface area is 191 Å². The average molecular weight is 448 g/mol. The smallest absolute Gasteiger partial charge is 0.227 e. The topological polar surface area (TPSA) is 67.9 Å². The lowest BCUT2D eigenvalue weighted by Crippen LogP contribution is -2.32. The van der Waals surface area contributed by atoms with Crippen molar-refractivity contribution in [2.75, 3.05) is 18.6 Å². The minimum absolute atomic E-state index is 0.0837. The molecule has 3 aromatic rings. The minimum Gasteiger partial charge on any atom is -0.497 e. The molecule has 1 saturated heterocycles. The largest absolute Gasteiger partial charge is 0.497 e. The van der Waals surface area contributed by atoms with E-state index in [0.29, 0.717) is 25.4 Å². The van der Waals surface area contributed by atoms with E-state index in [4.69, 9.17) is 9.47 Å². The van der Waals surface area contributed by atoms with Gasteiger partial charge in [0.1, 0.15) is 23.9 Å². The summed E-state index contributed by atoms with van der Waals surface area (Å²) in [7, 11) is 1.61. The third-order valence-corrected chi connectivity index (χ3v) is 5.59. The van der Waals surface area contributed by atoms with Gasteiger partial charge in [0.05, 0.1) is 13.0 Å². The van der Waals surface area contributed by atoms with Crippen LogP contribution in [0.1, 0.15) is 17.5 Å². The van der Waals surface area contributed by atoms with E-state index < -0.39 is 5.92 Å². The lowest BCUT2D eigenvalue weighted by atomic mass is 10.1. The van der Waals surface area contributed by atoms with Crippen LogP contribution < -0.4 is 19.7 Å². The summed E-state index contributed by atoms with van der Waals surface area (Å²) in [5.74, 6) is 0.495. The molecule has 2 amide bonds. The van der Waals surface area contributed by atoms with E-state index in [1.807, 2.05) is 24.3 Å². The molecule has 3 aromatic carbocycles. The fraction of sp³-hybridized carbons (Fsp3) is 0.231. The van der Waals surface area contributed by atoms with Crippen LogP contribution in [-0.4, -0.2) is 25.5 Å². The van der Waals surface area contributed by atoms with Gasteiger partial charge in [0, 0.05) is 25.2 Å². The predicted molar refractivity (Wildman–Crippen MR) is 122 cm³/mol. The second-order valence-electron chi connectivity index (χ2n) is 7.88. The Kier molecular flexibility index (Phi) is 6.88. The summed E-state index contributed by atoms with van der Waals surface area (Å²) in [5.41, 5.74) is 2.54. The average Bonchev–Trinajstić information content (AvgIpc) is 3.24. The van der Waals surface area contributed by atoms with Gasteiger partial charge in [0.25, 0.3) is 0 Å². The zero-order valence-electron chi connectivity index (χ0n) is 18.3. The summed E-state index contributed by atoms with van der Waals surface area (Å²) in [6.45, 7) is 1.05. The van der Waals surface area contributed by atoms with Gasteiger partial charge in [-0.1, -0.05) is 24.3 Å². The van der Waals surface area contributed by atoms with Crippen LogP contribution in [0.4, 0.5) is 10.1 Å². The number of rotatable bonds is 8. The molecule has 1 fully saturated rings. The molecule has 0 aromatic heterocycles. The van der Waals surface area contributed by atoms with Gasteiger partial charge in [-0.2, -0.15) is 0 Å². The summed E-state index contributed by atoms with van der Waals surface area (Å²) in [6.07, 6.45) is 0.178. The zero-order valence-corrected chi connectivity index (χ0v) is 18.3. The Morgan fingerprint density at radius 1 is 0.970 bits per heavy atom. The van der Waals surface area contributed by atoms with Crippen LogP contribution in [0.3, 0.4) is 0 Å². The van der Waals surface area contributed by atoms with Gasteiger partial charge >= 0.3 is 0 Å². The minimum atomic E-state index is -0.398. The van der Waals surface area contributed by atoms with Crippen molar-refractivity contribution < 1.29 is 23.5 Å². The highest BCUT2D eigenvalue weighted by atomic mass is 19.1. The number of amides is 2. The highest BCUT2D eigenvalue weighted by Gasteiger charge is 2.35. The van der Waals surface area contributed by atoms with Crippen LogP contribution in [0.15, 0.2) is 72.8 Å². The monoisotopic (exact) mass is 448 g/mol. The van der Waals surface area contributed by atoms with Crippen LogP contribution in [0.5, 0.6) is 11.5 Å². The van der Waals surface area contributed by atoms with Crippen molar-refractivity contribution in [1.82, 2.24) is 5.32 Å². The number of carbonyl (C=O) groups excluding carboxylic acids is 2. The number of ether oxygens (including phenoxy) is 2. The van der Waals surface area contributed by atoms with E-state index >= 15 is 0 Å². The van der Waals surface area contributed by atoms with Crippen LogP contribution >= 0.6 is 0 Å². The van der Waals surface area contributed by atoms with E-state index in [2.05, 4.69) is 5.32 Å². The van der Waals surface area contributed by atoms with Gasteiger partial charge in [-0.25, -0.2) is 4.39 Å². The van der Waals surface area contributed by atoms with E-state index in [0.717, 1.165) is 22.6 Å². The molecule has 0 spiro atoms. The summed E-state index contributed by atoms with van der Waals surface area (Å²) >= 11 is 0. The van der Waals surface area contributed by atoms with Crippen molar-refractivity contribution in [2.24, 2.45) is 5.92 Å². The van der Waals surface area contributed by atoms with E-state index in [1.54, 1.807) is 48.4 Å². The lowest BCUT2D eigenvalue weighted by Gasteiger charge is -2.17. The second kappa shape index (κ2) is 10.2. The highest BCUT2D eigenvalue weighted by Crippen LogP contribution is 2.27. The van der Waals surface area contributed by atoms with Crippen LogP contribution in [-0.2, 0) is 22.7 Å². The van der Waals surface area contributed by atoms with Crippen LogP contribution in [0.2, 0.25) is 0 Å². The van der Waals surface area contributed by atoms with Crippen molar-refractivity contribution in [2.45, 2.75) is 19.6 Å². The van der Waals surface area contributed by atoms with Crippen LogP contribution in [0.25, 0.3) is 0 Å². The van der Waals surface area contributed by atoms with Crippen molar-refractivity contribution in [1.29, 1.82) is 0 Å². The third-order valence-electron chi connectivity index (χ3n) is 5.59. The number of carbonyl (C=O) groups is 2. The van der Waals surface area contributed by atoms with Gasteiger partial charge in [-0.3, -0.25) is 9.59 Å². The molecule has 33 heavy (non-hydrogen) atoms. The van der Waals surface area contributed by atoms with Gasteiger partial charge in [0.2, 0.25) is 11.8 Å². The summed E-state index contributed by atoms with van der Waals surface area (Å²) in [4.78, 5) is 26.8. The summed E-state index contributed by atoms with van der Waals surface area (Å²) in [6, 6.07) is 20.8. The Morgan fingerprint density at radius 3 is 2.27 bits per heavy atom. The van der Waals surface area contributed by atoms with E-state index in [9.17, 15) is 14.0 Å². The molecule has 1 aliphatic heterocycles. The molecule has 0 saturated carbocycles. The zero-order chi connectivity index (χ0) is 23.2. The lowest BCUT2D eigenvalue weighted by molar-refractivity contribution is -0.126. The second-order valence-corrected chi connectivity index (χ2v) is 7.88. The van der Waals surface area contributed by atoms with Gasteiger partial charge in [-0.15, -0.1) is 0 Å². The molecule has 6 nitrogen and oxygen atoms in total. The molecular formula is C26H25FN2O4. The van der Waals surface area contributed by atoms with Gasteiger partial charge < -0.3 is 19.7 Å². The van der Waals surface area contributed by atoms with Crippen molar-refractivity contribution in [3.63, 3.8) is 0 Å². The molecule has 0 unspecified atom stereocenters. The molecule has 170 valence electrons. The maximum Gasteiger partial charge on any atom is 0.227 e. The maximum absolute atomic E-state index is 13.0. The highest BCUT2D eigenvalue weighted by molar-refractivity contribution is 6.00. The molecule has 1 heterocycles. The number of nitrogens with one attached hydrogen (secondary N) is 1. The molecule has 7 heteroatoms. The molecule has 1 atom stereocenters.